The summed E-state index contributed by atoms with van der Waals surface area (Å²) in [6.07, 6.45) is 4.09. The Morgan fingerprint density at radius 3 is 2.32 bits per heavy atom. The normalized spacial score (nSPS) is 12.5. The van der Waals surface area contributed by atoms with Crippen LogP contribution in [0.25, 0.3) is 33.6 Å². The van der Waals surface area contributed by atoms with E-state index in [9.17, 15) is 9.18 Å². The van der Waals surface area contributed by atoms with Gasteiger partial charge in [-0.25, -0.2) is 4.39 Å². The average Bonchev–Trinajstić information content (AvgIpc) is 3.20. The van der Waals surface area contributed by atoms with Crippen molar-refractivity contribution in [3.8, 4) is 33.6 Å². The number of rotatable bonds is 3. The molecule has 0 saturated heterocycles. The van der Waals surface area contributed by atoms with E-state index in [0.29, 0.717) is 6.42 Å². The van der Waals surface area contributed by atoms with Crippen LogP contribution in [0, 0.1) is 5.82 Å². The van der Waals surface area contributed by atoms with Crippen molar-refractivity contribution < 1.29 is 66.0 Å². The molecule has 0 spiro atoms. The van der Waals surface area contributed by atoms with E-state index in [2.05, 4.69) is 16.0 Å². The smallest absolute Gasteiger partial charge is 0.870 e. The zero-order valence-corrected chi connectivity index (χ0v) is 20.9. The molecule has 31 heavy (non-hydrogen) atoms. The molecule has 2 aromatic heterocycles. The minimum Gasteiger partial charge on any atom is -0.870 e. The molecule has 3 heterocycles. The molecule has 4 aromatic rings. The zero-order chi connectivity index (χ0) is 19.8. The number of pyridine rings is 1. The van der Waals surface area contributed by atoms with E-state index in [4.69, 9.17) is 0 Å². The summed E-state index contributed by atoms with van der Waals surface area (Å²) in [6.45, 7) is 0. The van der Waals surface area contributed by atoms with Gasteiger partial charge in [-0.2, -0.15) is 0 Å². The summed E-state index contributed by atoms with van der Waals surface area (Å²) in [5.41, 5.74) is 6.50. The van der Waals surface area contributed by atoms with Crippen molar-refractivity contribution in [1.82, 2.24) is 9.97 Å². The maximum absolute atomic E-state index is 13.4. The van der Waals surface area contributed by atoms with Gasteiger partial charge in [0.25, 0.3) is 0 Å². The van der Waals surface area contributed by atoms with Crippen molar-refractivity contribution in [1.29, 1.82) is 0 Å². The Hall–Kier alpha value is -1.58. The number of carbonyl (C=O) groups excluding carboxylic acids is 1. The van der Waals surface area contributed by atoms with E-state index in [1.165, 1.54) is 12.1 Å². The molecule has 2 N–H and O–H groups in total. The van der Waals surface area contributed by atoms with Crippen molar-refractivity contribution in [2.45, 2.75) is 11.3 Å². The predicted molar refractivity (Wildman–Crippen MR) is 116 cm³/mol. The maximum Gasteiger partial charge on any atom is 1.00 e. The first-order chi connectivity index (χ1) is 14.2. The number of fused-ring (bicyclic) bond motifs is 1. The van der Waals surface area contributed by atoms with Gasteiger partial charge in [-0.1, -0.05) is 6.07 Å². The molecule has 0 amide bonds. The number of benzene rings is 2. The summed E-state index contributed by atoms with van der Waals surface area (Å²) in [5, 5.41) is 0. The number of nitrogens with one attached hydrogen (secondary N) is 1. The molecule has 0 atom stereocenters. The van der Waals surface area contributed by atoms with E-state index in [1.807, 2.05) is 30.3 Å². The number of Topliss-reactive ketones (excluding diaryl/α,β-unsaturated/α-hetero) is 1. The molecule has 7 heteroatoms. The topological polar surface area (TPSA) is 75.8 Å². The van der Waals surface area contributed by atoms with Crippen LogP contribution in [0.4, 0.5) is 4.39 Å². The minimum atomic E-state index is -0.267. The molecule has 2 aromatic carbocycles. The van der Waals surface area contributed by atoms with Crippen LogP contribution in [0.15, 0.2) is 78.0 Å². The monoisotopic (exact) mass is 456 g/mol. The van der Waals surface area contributed by atoms with Gasteiger partial charge in [-0.05, 0) is 71.3 Å². The summed E-state index contributed by atoms with van der Waals surface area (Å²) in [6, 6.07) is 18.5. The quantitative estimate of drug-likeness (QED) is 0.481. The standard InChI is InChI=1S/C24H17FN2OS.K.H2O/c25-18-4-1-16(2-5-18)24-19(15-7-10-26-11-8-15)14-21(27-24)17-3-6-23-20(13-17)22(28)9-12-29-23;;/h1-8,10-11,13-14,27H,9,12H2;;1H2/q;+1;/p-1. The Morgan fingerprint density at radius 2 is 1.58 bits per heavy atom. The Balaban J connectivity index is 0.00000136. The van der Waals surface area contributed by atoms with Gasteiger partial charge in [0.05, 0.1) is 5.69 Å². The van der Waals surface area contributed by atoms with Crippen molar-refractivity contribution in [2.75, 3.05) is 5.75 Å². The van der Waals surface area contributed by atoms with Crippen LogP contribution < -0.4 is 51.4 Å². The third kappa shape index (κ3) is 4.93. The molecule has 0 radical (unpaired) electrons. The zero-order valence-electron chi connectivity index (χ0n) is 16.9. The predicted octanol–water partition coefficient (Wildman–Crippen LogP) is 3.06. The third-order valence-electron chi connectivity index (χ3n) is 5.12. The van der Waals surface area contributed by atoms with Crippen molar-refractivity contribution in [2.24, 2.45) is 0 Å². The number of H-pyrrole nitrogens is 1. The van der Waals surface area contributed by atoms with Crippen molar-refractivity contribution in [3.05, 3.63) is 84.4 Å². The van der Waals surface area contributed by atoms with Gasteiger partial charge in [0.1, 0.15) is 5.82 Å². The molecule has 1 aliphatic heterocycles. The number of aromatic nitrogens is 2. The molecule has 1 aliphatic rings. The average molecular weight is 457 g/mol. The number of hydrogen-bond acceptors (Lipinski definition) is 4. The molecule has 5 rings (SSSR count). The first kappa shape index (κ1) is 24.1. The number of nitrogens with zero attached hydrogens (tertiary/aromatic N) is 1. The van der Waals surface area contributed by atoms with E-state index < -0.39 is 0 Å². The second-order valence-corrected chi connectivity index (χ2v) is 8.08. The van der Waals surface area contributed by atoms with Gasteiger partial charge in [0, 0.05) is 46.3 Å². The molecule has 0 saturated carbocycles. The fourth-order valence-corrected chi connectivity index (χ4v) is 4.64. The molecule has 4 nitrogen and oxygen atoms in total. The Kier molecular flexibility index (Phi) is 8.04. The van der Waals surface area contributed by atoms with Crippen LogP contribution in [-0.2, 0) is 0 Å². The summed E-state index contributed by atoms with van der Waals surface area (Å²) in [7, 11) is 0. The third-order valence-corrected chi connectivity index (χ3v) is 6.19. The van der Waals surface area contributed by atoms with E-state index in [1.54, 1.807) is 36.3 Å². The number of aromatic amines is 1. The van der Waals surface area contributed by atoms with Gasteiger partial charge < -0.3 is 10.5 Å². The van der Waals surface area contributed by atoms with Gasteiger partial charge in [-0.3, -0.25) is 9.78 Å². The number of halogens is 1. The SMILES string of the molecule is O=C1CCSc2ccc(-c3cc(-c4ccncc4)c(-c4ccc(F)cc4)[nH]3)cc21.[K+].[OH-]. The van der Waals surface area contributed by atoms with Crippen LogP contribution in [0.3, 0.4) is 0 Å². The molecule has 0 fully saturated rings. The summed E-state index contributed by atoms with van der Waals surface area (Å²) >= 11 is 1.73. The molecule has 0 unspecified atom stereocenters. The van der Waals surface area contributed by atoms with Gasteiger partial charge >= 0.3 is 51.4 Å². The fourth-order valence-electron chi connectivity index (χ4n) is 3.64. The number of ketones is 1. The van der Waals surface area contributed by atoms with Crippen LogP contribution in [-0.4, -0.2) is 27.0 Å². The van der Waals surface area contributed by atoms with Crippen molar-refractivity contribution >= 4 is 17.5 Å². The number of hydrogen-bond donors (Lipinski definition) is 1. The second kappa shape index (κ2) is 10.4. The Labute approximate surface area is 226 Å². The Morgan fingerprint density at radius 1 is 0.871 bits per heavy atom. The van der Waals surface area contributed by atoms with Crippen LogP contribution >= 0.6 is 11.8 Å². The van der Waals surface area contributed by atoms with E-state index in [0.717, 1.165) is 49.9 Å². The van der Waals surface area contributed by atoms with E-state index in [-0.39, 0.29) is 68.5 Å². The largest absolute Gasteiger partial charge is 1.00 e. The fraction of sp³-hybridized carbons (Fsp3) is 0.0833. The van der Waals surface area contributed by atoms with Gasteiger partial charge in [0.15, 0.2) is 5.78 Å². The Bertz CT molecular complexity index is 1210. The molecule has 0 bridgehead atoms. The number of thioether (sulfide) groups is 1. The summed E-state index contributed by atoms with van der Waals surface area (Å²) < 4.78 is 13.4. The van der Waals surface area contributed by atoms with Crippen molar-refractivity contribution in [3.63, 3.8) is 0 Å². The number of carbonyl (C=O) groups is 1. The first-order valence-corrected chi connectivity index (χ1v) is 10.4. The van der Waals surface area contributed by atoms with Crippen LogP contribution in [0.2, 0.25) is 0 Å². The minimum absolute atomic E-state index is 0. The van der Waals surface area contributed by atoms with Gasteiger partial charge in [0.2, 0.25) is 0 Å². The first-order valence-electron chi connectivity index (χ1n) is 9.39. The molecular formula is C24H18FKN2O2S. The maximum atomic E-state index is 13.4. The summed E-state index contributed by atoms with van der Waals surface area (Å²) in [4.78, 5) is 21.0. The van der Waals surface area contributed by atoms with Crippen LogP contribution in [0.5, 0.6) is 0 Å². The van der Waals surface area contributed by atoms with Crippen LogP contribution in [0.1, 0.15) is 16.8 Å². The molecular weight excluding hydrogens is 438 g/mol. The molecule has 0 aliphatic carbocycles. The van der Waals surface area contributed by atoms with E-state index >= 15 is 0 Å². The second-order valence-electron chi connectivity index (χ2n) is 6.95. The van der Waals surface area contributed by atoms with Gasteiger partial charge in [-0.15, -0.1) is 11.8 Å². The summed E-state index contributed by atoms with van der Waals surface area (Å²) in [5.74, 6) is 0.770. The molecule has 150 valence electrons.